The smallest absolute Gasteiger partial charge is 0.335 e. The number of carbonyl (C=O) groups excluding carboxylic acids is 2. The Morgan fingerprint density at radius 2 is 1.80 bits per heavy atom. The zero-order chi connectivity index (χ0) is 18.1. The number of rotatable bonds is 4. The predicted octanol–water partition coefficient (Wildman–Crippen LogP) is 3.44. The first-order valence-electron chi connectivity index (χ1n) is 7.29. The zero-order valence-corrected chi connectivity index (χ0v) is 14.2. The first-order chi connectivity index (χ1) is 11.9. The standard InChI is InChI=1S/C17H12Cl2N2O4/c18-11-2-1-3-12(15(11)19)20-13-8-14(22)21(16(13)23)10-6-4-9(5-7-10)17(24)25/h1-7,13,20H,8H2,(H,24,25). The van der Waals surface area contributed by atoms with Crippen LogP contribution in [0.5, 0.6) is 0 Å². The SMILES string of the molecule is O=C(O)c1ccc(N2C(=O)CC(Nc3cccc(Cl)c3Cl)C2=O)cc1. The van der Waals surface area contributed by atoms with Crippen molar-refractivity contribution in [1.82, 2.24) is 0 Å². The van der Waals surface area contributed by atoms with Gasteiger partial charge in [0.25, 0.3) is 5.91 Å². The minimum absolute atomic E-state index is 0.0393. The number of hydrogen-bond acceptors (Lipinski definition) is 4. The van der Waals surface area contributed by atoms with Crippen LogP contribution in [0.15, 0.2) is 42.5 Å². The zero-order valence-electron chi connectivity index (χ0n) is 12.7. The number of aromatic carboxylic acids is 1. The lowest BCUT2D eigenvalue weighted by molar-refractivity contribution is -0.121. The lowest BCUT2D eigenvalue weighted by atomic mass is 10.2. The summed E-state index contributed by atoms with van der Waals surface area (Å²) in [5.41, 5.74) is 0.855. The summed E-state index contributed by atoms with van der Waals surface area (Å²) in [5.74, 6) is -1.91. The van der Waals surface area contributed by atoms with Crippen molar-refractivity contribution in [3.8, 4) is 0 Å². The maximum absolute atomic E-state index is 12.6. The molecule has 0 radical (unpaired) electrons. The van der Waals surface area contributed by atoms with Gasteiger partial charge < -0.3 is 10.4 Å². The number of hydrogen-bond donors (Lipinski definition) is 2. The maximum atomic E-state index is 12.6. The van der Waals surface area contributed by atoms with Crippen LogP contribution >= 0.6 is 23.2 Å². The van der Waals surface area contributed by atoms with Crippen LogP contribution in [-0.4, -0.2) is 28.9 Å². The molecule has 1 aliphatic heterocycles. The summed E-state index contributed by atoms with van der Waals surface area (Å²) < 4.78 is 0. The molecule has 0 bridgehead atoms. The fraction of sp³-hybridized carbons (Fsp3) is 0.118. The van der Waals surface area contributed by atoms with E-state index in [0.717, 1.165) is 4.90 Å². The van der Waals surface area contributed by atoms with Crippen molar-refractivity contribution in [2.45, 2.75) is 12.5 Å². The Bertz CT molecular complexity index is 867. The number of carboxylic acid groups (broad SMARTS) is 1. The molecule has 2 aromatic rings. The van der Waals surface area contributed by atoms with Crippen LogP contribution in [0.25, 0.3) is 0 Å². The number of carbonyl (C=O) groups is 3. The normalized spacial score (nSPS) is 17.0. The van der Waals surface area contributed by atoms with E-state index in [0.29, 0.717) is 16.4 Å². The molecule has 1 fully saturated rings. The van der Waals surface area contributed by atoms with Crippen LogP contribution in [0.3, 0.4) is 0 Å². The van der Waals surface area contributed by atoms with E-state index in [1.807, 2.05) is 0 Å². The molecule has 6 nitrogen and oxygen atoms in total. The molecule has 3 rings (SSSR count). The van der Waals surface area contributed by atoms with Crippen LogP contribution in [0, 0.1) is 0 Å². The molecule has 1 unspecified atom stereocenters. The average Bonchev–Trinajstić information content (AvgIpc) is 2.86. The minimum Gasteiger partial charge on any atom is -0.478 e. The van der Waals surface area contributed by atoms with Crippen molar-refractivity contribution in [2.24, 2.45) is 0 Å². The number of nitrogens with one attached hydrogen (secondary N) is 1. The van der Waals surface area contributed by atoms with E-state index in [2.05, 4.69) is 5.32 Å². The van der Waals surface area contributed by atoms with Gasteiger partial charge in [-0.1, -0.05) is 29.3 Å². The lowest BCUT2D eigenvalue weighted by Gasteiger charge is -2.17. The third-order valence-electron chi connectivity index (χ3n) is 3.80. The monoisotopic (exact) mass is 378 g/mol. The second-order valence-corrected chi connectivity index (χ2v) is 6.21. The number of amides is 2. The molecule has 1 atom stereocenters. The van der Waals surface area contributed by atoms with Gasteiger partial charge in [-0.2, -0.15) is 0 Å². The van der Waals surface area contributed by atoms with Gasteiger partial charge in [0.1, 0.15) is 6.04 Å². The van der Waals surface area contributed by atoms with Gasteiger partial charge in [0.15, 0.2) is 0 Å². The Hall–Kier alpha value is -2.57. The first-order valence-corrected chi connectivity index (χ1v) is 8.05. The van der Waals surface area contributed by atoms with Crippen molar-refractivity contribution < 1.29 is 19.5 Å². The van der Waals surface area contributed by atoms with Gasteiger partial charge in [-0.15, -0.1) is 0 Å². The molecule has 2 N–H and O–H groups in total. The Balaban J connectivity index is 1.82. The molecule has 0 aliphatic carbocycles. The molecular formula is C17H12Cl2N2O4. The molecule has 8 heteroatoms. The molecule has 0 aromatic heterocycles. The van der Waals surface area contributed by atoms with Crippen molar-refractivity contribution in [3.63, 3.8) is 0 Å². The van der Waals surface area contributed by atoms with Gasteiger partial charge in [-0.05, 0) is 36.4 Å². The molecule has 128 valence electrons. The topological polar surface area (TPSA) is 86.7 Å². The third kappa shape index (κ3) is 3.31. The van der Waals surface area contributed by atoms with Crippen LogP contribution < -0.4 is 10.2 Å². The van der Waals surface area contributed by atoms with E-state index in [-0.39, 0.29) is 22.9 Å². The van der Waals surface area contributed by atoms with E-state index in [1.165, 1.54) is 24.3 Å². The highest BCUT2D eigenvalue weighted by molar-refractivity contribution is 6.43. The average molecular weight is 379 g/mol. The van der Waals surface area contributed by atoms with Crippen molar-refractivity contribution >= 4 is 52.4 Å². The highest BCUT2D eigenvalue weighted by Crippen LogP contribution is 2.32. The van der Waals surface area contributed by atoms with E-state index in [9.17, 15) is 14.4 Å². The Labute approximate surface area is 153 Å². The van der Waals surface area contributed by atoms with E-state index in [4.69, 9.17) is 28.3 Å². The van der Waals surface area contributed by atoms with E-state index in [1.54, 1.807) is 18.2 Å². The number of benzene rings is 2. The second kappa shape index (κ2) is 6.74. The van der Waals surface area contributed by atoms with Gasteiger partial charge in [-0.3, -0.25) is 9.59 Å². The molecule has 25 heavy (non-hydrogen) atoms. The summed E-state index contributed by atoms with van der Waals surface area (Å²) >= 11 is 12.0. The number of nitrogens with zero attached hydrogens (tertiary/aromatic N) is 1. The van der Waals surface area contributed by atoms with E-state index >= 15 is 0 Å². The van der Waals surface area contributed by atoms with Crippen LogP contribution in [0.1, 0.15) is 16.8 Å². The summed E-state index contributed by atoms with van der Waals surface area (Å²) in [4.78, 5) is 36.8. The maximum Gasteiger partial charge on any atom is 0.335 e. The number of halogens is 2. The molecule has 1 saturated heterocycles. The van der Waals surface area contributed by atoms with Crippen LogP contribution in [0.2, 0.25) is 10.0 Å². The lowest BCUT2D eigenvalue weighted by Crippen LogP contribution is -2.34. The highest BCUT2D eigenvalue weighted by atomic mass is 35.5. The molecule has 0 spiro atoms. The Kier molecular flexibility index (Phi) is 4.65. The Morgan fingerprint density at radius 3 is 2.44 bits per heavy atom. The molecule has 2 amide bonds. The van der Waals surface area contributed by atoms with Gasteiger partial charge >= 0.3 is 5.97 Å². The number of carboxylic acids is 1. The second-order valence-electron chi connectivity index (χ2n) is 5.42. The Morgan fingerprint density at radius 1 is 1.12 bits per heavy atom. The number of anilines is 2. The fourth-order valence-electron chi connectivity index (χ4n) is 2.57. The molecule has 1 aliphatic rings. The molecule has 0 saturated carbocycles. The van der Waals surface area contributed by atoms with Gasteiger partial charge in [0.2, 0.25) is 5.91 Å². The van der Waals surface area contributed by atoms with Gasteiger partial charge in [0, 0.05) is 0 Å². The van der Waals surface area contributed by atoms with Crippen molar-refractivity contribution in [2.75, 3.05) is 10.2 Å². The summed E-state index contributed by atoms with van der Waals surface area (Å²) in [6, 6.07) is 9.72. The van der Waals surface area contributed by atoms with E-state index < -0.39 is 17.9 Å². The molecule has 2 aromatic carbocycles. The predicted molar refractivity (Wildman–Crippen MR) is 94.4 cm³/mol. The van der Waals surface area contributed by atoms with Gasteiger partial charge in [0.05, 0.1) is 33.4 Å². The van der Waals surface area contributed by atoms with Crippen LogP contribution in [0.4, 0.5) is 11.4 Å². The molecular weight excluding hydrogens is 367 g/mol. The highest BCUT2D eigenvalue weighted by Gasteiger charge is 2.39. The largest absolute Gasteiger partial charge is 0.478 e. The molecule has 1 heterocycles. The summed E-state index contributed by atoms with van der Waals surface area (Å²) in [6.45, 7) is 0. The minimum atomic E-state index is -1.08. The van der Waals surface area contributed by atoms with Gasteiger partial charge in [-0.25, -0.2) is 9.69 Å². The summed E-state index contributed by atoms with van der Waals surface area (Å²) in [7, 11) is 0. The quantitative estimate of drug-likeness (QED) is 0.795. The summed E-state index contributed by atoms with van der Waals surface area (Å²) in [6.07, 6.45) is -0.0393. The third-order valence-corrected chi connectivity index (χ3v) is 4.62. The van der Waals surface area contributed by atoms with Crippen molar-refractivity contribution in [1.29, 1.82) is 0 Å². The number of imide groups is 1. The van der Waals surface area contributed by atoms with Crippen molar-refractivity contribution in [3.05, 3.63) is 58.1 Å². The first kappa shape index (κ1) is 17.3. The fourth-order valence-corrected chi connectivity index (χ4v) is 2.93. The summed E-state index contributed by atoms with van der Waals surface area (Å²) in [5, 5.41) is 12.5. The van der Waals surface area contributed by atoms with Crippen LogP contribution in [-0.2, 0) is 9.59 Å².